The van der Waals surface area contributed by atoms with E-state index in [-0.39, 0.29) is 0 Å². The predicted octanol–water partition coefficient (Wildman–Crippen LogP) is 1.00. The Morgan fingerprint density at radius 2 is 2.08 bits per heavy atom. The van der Waals surface area contributed by atoms with E-state index in [0.29, 0.717) is 0 Å². The molecule has 0 radical (unpaired) electrons. The minimum Gasteiger partial charge on any atom is -0.285 e. The molecule has 0 aromatic carbocycles. The van der Waals surface area contributed by atoms with Crippen LogP contribution < -0.4 is 0 Å². The van der Waals surface area contributed by atoms with Crippen molar-refractivity contribution in [1.29, 1.82) is 0 Å². The number of fused-ring (bicyclic) bond motifs is 3. The van der Waals surface area contributed by atoms with E-state index in [0.717, 1.165) is 24.3 Å². The molecule has 1 aliphatic carbocycles. The smallest absolute Gasteiger partial charge is 0.253 e. The summed E-state index contributed by atoms with van der Waals surface area (Å²) in [4.78, 5) is 4.12. The van der Waals surface area contributed by atoms with Crippen LogP contribution in [0, 0.1) is 0 Å². The second-order valence-electron chi connectivity index (χ2n) is 3.40. The van der Waals surface area contributed by atoms with Crippen molar-refractivity contribution in [1.82, 2.24) is 19.6 Å². The maximum Gasteiger partial charge on any atom is 0.253 e. The molecule has 2 aromatic heterocycles. The highest BCUT2D eigenvalue weighted by atomic mass is 15.2. The van der Waals surface area contributed by atoms with E-state index in [1.807, 2.05) is 6.20 Å². The van der Waals surface area contributed by atoms with Gasteiger partial charge in [0.05, 0.1) is 5.69 Å². The van der Waals surface area contributed by atoms with Crippen LogP contribution in [0.4, 0.5) is 0 Å². The van der Waals surface area contributed by atoms with Gasteiger partial charge >= 0.3 is 0 Å². The van der Waals surface area contributed by atoms with Crippen LogP contribution in [0.5, 0.6) is 0 Å². The Hall–Kier alpha value is -1.45. The van der Waals surface area contributed by atoms with Gasteiger partial charge in [0, 0.05) is 18.1 Å². The maximum absolute atomic E-state index is 4.19. The van der Waals surface area contributed by atoms with Crippen LogP contribution in [0.15, 0.2) is 12.4 Å². The molecule has 0 N–H and O–H groups in total. The summed E-state index contributed by atoms with van der Waals surface area (Å²) in [7, 11) is 0. The molecule has 4 nitrogen and oxygen atoms in total. The van der Waals surface area contributed by atoms with Crippen molar-refractivity contribution in [3.05, 3.63) is 23.8 Å². The van der Waals surface area contributed by atoms with E-state index in [4.69, 9.17) is 0 Å². The van der Waals surface area contributed by atoms with Crippen LogP contribution in [0.3, 0.4) is 0 Å². The predicted molar refractivity (Wildman–Crippen MR) is 47.4 cm³/mol. The van der Waals surface area contributed by atoms with Gasteiger partial charge in [-0.05, 0) is 25.7 Å². The van der Waals surface area contributed by atoms with Crippen LogP contribution in [-0.4, -0.2) is 19.6 Å². The largest absolute Gasteiger partial charge is 0.285 e. The fourth-order valence-corrected chi connectivity index (χ4v) is 1.93. The van der Waals surface area contributed by atoms with Gasteiger partial charge in [-0.2, -0.15) is 5.10 Å². The molecule has 66 valence electrons. The molecule has 4 heteroatoms. The van der Waals surface area contributed by atoms with Crippen LogP contribution in [0.1, 0.15) is 24.2 Å². The number of hydrogen-bond acceptors (Lipinski definition) is 3. The van der Waals surface area contributed by atoms with Crippen LogP contribution in [0.25, 0.3) is 5.78 Å². The lowest BCUT2D eigenvalue weighted by Gasteiger charge is -2.14. The molecule has 0 atom stereocenters. The van der Waals surface area contributed by atoms with Crippen LogP contribution in [-0.2, 0) is 12.8 Å². The third kappa shape index (κ3) is 0.946. The molecule has 3 rings (SSSR count). The molecule has 0 spiro atoms. The Balaban J connectivity index is 2.34. The quantitative estimate of drug-likeness (QED) is 0.598. The molecular formula is C9H10N4. The average Bonchev–Trinajstić information content (AvgIpc) is 2.65. The minimum atomic E-state index is 0.723. The van der Waals surface area contributed by atoms with Gasteiger partial charge in [0.2, 0.25) is 0 Å². The molecule has 0 saturated carbocycles. The van der Waals surface area contributed by atoms with Crippen molar-refractivity contribution < 1.29 is 0 Å². The lowest BCUT2D eigenvalue weighted by Crippen LogP contribution is -2.12. The monoisotopic (exact) mass is 174 g/mol. The number of aryl methyl sites for hydroxylation is 2. The van der Waals surface area contributed by atoms with Gasteiger partial charge < -0.3 is 0 Å². The lowest BCUT2D eigenvalue weighted by molar-refractivity contribution is 0.627. The summed E-state index contributed by atoms with van der Waals surface area (Å²) < 4.78 is 2.06. The lowest BCUT2D eigenvalue weighted by atomic mass is 10.0. The molecule has 0 aliphatic heterocycles. The molecule has 0 amide bonds. The molecule has 13 heavy (non-hydrogen) atoms. The van der Waals surface area contributed by atoms with E-state index in [9.17, 15) is 0 Å². The zero-order valence-electron chi connectivity index (χ0n) is 7.27. The fraction of sp³-hybridized carbons (Fsp3) is 0.444. The summed E-state index contributed by atoms with van der Waals surface area (Å²) in [6, 6.07) is 0. The topological polar surface area (TPSA) is 43.1 Å². The Labute approximate surface area is 75.6 Å². The first-order chi connectivity index (χ1) is 6.45. The van der Waals surface area contributed by atoms with Gasteiger partial charge in [0.25, 0.3) is 5.78 Å². The van der Waals surface area contributed by atoms with Gasteiger partial charge in [-0.25, -0.2) is 4.98 Å². The summed E-state index contributed by atoms with van der Waals surface area (Å²) in [6.07, 6.45) is 8.41. The van der Waals surface area contributed by atoms with Gasteiger partial charge in [0.15, 0.2) is 0 Å². The van der Waals surface area contributed by atoms with Crippen LogP contribution >= 0.6 is 0 Å². The van der Waals surface area contributed by atoms with Crippen molar-refractivity contribution in [2.75, 3.05) is 0 Å². The summed E-state index contributed by atoms with van der Waals surface area (Å²) in [6.45, 7) is 0. The summed E-state index contributed by atoms with van der Waals surface area (Å²) in [5, 5.41) is 8.24. The Morgan fingerprint density at radius 1 is 1.15 bits per heavy atom. The highest BCUT2D eigenvalue weighted by Gasteiger charge is 2.14. The van der Waals surface area contributed by atoms with Crippen molar-refractivity contribution in [3.63, 3.8) is 0 Å². The first kappa shape index (κ1) is 7.00. The zero-order chi connectivity index (χ0) is 8.67. The summed E-state index contributed by atoms with van der Waals surface area (Å²) in [5.74, 6) is 0.723. The van der Waals surface area contributed by atoms with Crippen molar-refractivity contribution in [2.24, 2.45) is 0 Å². The third-order valence-corrected chi connectivity index (χ3v) is 2.58. The molecule has 0 saturated heterocycles. The average molecular weight is 174 g/mol. The third-order valence-electron chi connectivity index (χ3n) is 2.58. The molecule has 0 bridgehead atoms. The SMILES string of the molecule is c1cn2c3c(nnc2n1)CCCC3. The maximum atomic E-state index is 4.19. The van der Waals surface area contributed by atoms with Gasteiger partial charge in [-0.3, -0.25) is 4.40 Å². The second kappa shape index (κ2) is 2.52. The minimum absolute atomic E-state index is 0.723. The number of nitrogens with zero attached hydrogens (tertiary/aromatic N) is 4. The highest BCUT2D eigenvalue weighted by Crippen LogP contribution is 2.18. The second-order valence-corrected chi connectivity index (χ2v) is 3.40. The normalized spacial score (nSPS) is 16.0. The number of hydrogen-bond donors (Lipinski definition) is 0. The summed E-state index contributed by atoms with van der Waals surface area (Å²) in [5.41, 5.74) is 2.45. The molecule has 2 aromatic rings. The number of rotatable bonds is 0. The fourth-order valence-electron chi connectivity index (χ4n) is 1.93. The highest BCUT2D eigenvalue weighted by molar-refractivity contribution is 5.31. The molecule has 2 heterocycles. The van der Waals surface area contributed by atoms with Crippen LogP contribution in [0.2, 0.25) is 0 Å². The Morgan fingerprint density at radius 3 is 3.08 bits per heavy atom. The zero-order valence-corrected chi connectivity index (χ0v) is 7.27. The first-order valence-corrected chi connectivity index (χ1v) is 4.62. The molecule has 0 fully saturated rings. The molecular weight excluding hydrogens is 164 g/mol. The van der Waals surface area contributed by atoms with E-state index in [1.165, 1.54) is 18.5 Å². The van der Waals surface area contributed by atoms with Crippen molar-refractivity contribution in [2.45, 2.75) is 25.7 Å². The summed E-state index contributed by atoms with van der Waals surface area (Å²) >= 11 is 0. The molecule has 0 unspecified atom stereocenters. The molecule has 1 aliphatic rings. The van der Waals surface area contributed by atoms with Gasteiger partial charge in [0.1, 0.15) is 0 Å². The van der Waals surface area contributed by atoms with E-state index in [1.54, 1.807) is 6.20 Å². The van der Waals surface area contributed by atoms with Crippen molar-refractivity contribution >= 4 is 5.78 Å². The standard InChI is InChI=1S/C9H10N4/c1-2-4-8-7(3-1)11-12-9-10-5-6-13(8)9/h5-6H,1-4H2. The van der Waals surface area contributed by atoms with E-state index < -0.39 is 0 Å². The number of imidazole rings is 1. The first-order valence-electron chi connectivity index (χ1n) is 4.62. The van der Waals surface area contributed by atoms with E-state index >= 15 is 0 Å². The van der Waals surface area contributed by atoms with Crippen molar-refractivity contribution in [3.8, 4) is 0 Å². The van der Waals surface area contributed by atoms with Gasteiger partial charge in [-0.1, -0.05) is 0 Å². The Kier molecular flexibility index (Phi) is 1.36. The van der Waals surface area contributed by atoms with Gasteiger partial charge in [-0.15, -0.1) is 5.10 Å². The Bertz CT molecular complexity index is 446. The van der Waals surface area contributed by atoms with E-state index in [2.05, 4.69) is 19.6 Å². The number of aromatic nitrogens is 4.